The molecule has 6 aliphatic rings. The Hall–Kier alpha value is -1.08. The van der Waals surface area contributed by atoms with Crippen molar-refractivity contribution in [3.8, 4) is 12.3 Å². The zero-order chi connectivity index (χ0) is 23.1. The minimum Gasteiger partial charge on any atom is -0.393 e. The predicted molar refractivity (Wildman–Crippen MR) is 132 cm³/mol. The maximum absolute atomic E-state index is 10.3. The average Bonchev–Trinajstić information content (AvgIpc) is 3.29. The van der Waals surface area contributed by atoms with Crippen LogP contribution in [0.2, 0.25) is 0 Å². The second-order valence-electron chi connectivity index (χ2n) is 12.8. The fourth-order valence-corrected chi connectivity index (χ4v) is 9.77. The number of terminal acetylenes is 1. The molecule has 1 N–H and O–H groups in total. The molecule has 6 rings (SSSR count). The summed E-state index contributed by atoms with van der Waals surface area (Å²) in [6.45, 7) is 11.6. The largest absolute Gasteiger partial charge is 0.393 e. The number of aliphatic hydroxyl groups excluding tert-OH is 1. The Morgan fingerprint density at radius 2 is 2.06 bits per heavy atom. The van der Waals surface area contributed by atoms with Crippen molar-refractivity contribution in [2.75, 3.05) is 13.1 Å². The minimum absolute atomic E-state index is 0.0918. The van der Waals surface area contributed by atoms with E-state index in [4.69, 9.17) is 11.2 Å². The first kappa shape index (κ1) is 22.4. The molecule has 0 amide bonds. The summed E-state index contributed by atoms with van der Waals surface area (Å²) in [4.78, 5) is 2.56. The van der Waals surface area contributed by atoms with Gasteiger partial charge in [0, 0.05) is 18.5 Å². The fourth-order valence-electron chi connectivity index (χ4n) is 9.77. The second kappa shape index (κ2) is 7.71. The lowest BCUT2D eigenvalue weighted by atomic mass is 9.56. The molecule has 10 atom stereocenters. The summed E-state index contributed by atoms with van der Waals surface area (Å²) in [5.41, 5.74) is 5.09. The van der Waals surface area contributed by atoms with Gasteiger partial charge in [-0.05, 0) is 93.0 Å². The van der Waals surface area contributed by atoms with Crippen LogP contribution in [0.5, 0.6) is 0 Å². The van der Waals surface area contributed by atoms with Gasteiger partial charge in [-0.2, -0.15) is 0 Å². The molecule has 0 radical (unpaired) electrons. The highest BCUT2D eigenvalue weighted by atomic mass is 16.5. The van der Waals surface area contributed by atoms with Crippen LogP contribution in [0.25, 0.3) is 0 Å². The maximum Gasteiger partial charge on any atom is 0.0937 e. The summed E-state index contributed by atoms with van der Waals surface area (Å²) >= 11 is 0. The van der Waals surface area contributed by atoms with Crippen LogP contribution in [0.1, 0.15) is 79.1 Å². The van der Waals surface area contributed by atoms with Gasteiger partial charge in [-0.3, -0.25) is 4.90 Å². The third-order valence-corrected chi connectivity index (χ3v) is 11.4. The SMILES string of the molecule is C#CCN1CC(C)CC2OC3(CCC4C(=C3C)CC3C4CC=C4CC(O)CCC43C)C(C)C21. The third kappa shape index (κ3) is 3.06. The average molecular weight is 450 g/mol. The quantitative estimate of drug-likeness (QED) is 0.433. The summed E-state index contributed by atoms with van der Waals surface area (Å²) in [7, 11) is 0. The number of piperidine rings is 1. The Bertz CT molecular complexity index is 928. The lowest BCUT2D eigenvalue weighted by Gasteiger charge is -2.49. The van der Waals surface area contributed by atoms with Gasteiger partial charge in [-0.25, -0.2) is 0 Å². The Morgan fingerprint density at radius 1 is 1.24 bits per heavy atom. The highest BCUT2D eigenvalue weighted by Gasteiger charge is 2.61. The van der Waals surface area contributed by atoms with Crippen LogP contribution < -0.4 is 0 Å². The van der Waals surface area contributed by atoms with Crippen LogP contribution in [0.15, 0.2) is 22.8 Å². The zero-order valence-electron chi connectivity index (χ0n) is 21.1. The summed E-state index contributed by atoms with van der Waals surface area (Å²) in [6, 6.07) is 0.457. The van der Waals surface area contributed by atoms with Crippen molar-refractivity contribution >= 4 is 0 Å². The van der Waals surface area contributed by atoms with E-state index in [1.165, 1.54) is 32.1 Å². The van der Waals surface area contributed by atoms with Gasteiger partial charge in [0.1, 0.15) is 0 Å². The van der Waals surface area contributed by atoms with Gasteiger partial charge in [0.25, 0.3) is 0 Å². The normalized spacial score (nSPS) is 51.5. The van der Waals surface area contributed by atoms with E-state index < -0.39 is 0 Å². The number of fused-ring (bicyclic) bond motifs is 6. The van der Waals surface area contributed by atoms with Gasteiger partial charge in [-0.1, -0.05) is 43.9 Å². The van der Waals surface area contributed by atoms with Crippen LogP contribution in [-0.2, 0) is 4.74 Å². The summed E-state index contributed by atoms with van der Waals surface area (Å²) < 4.78 is 7.16. The first-order valence-electron chi connectivity index (χ1n) is 13.7. The van der Waals surface area contributed by atoms with E-state index in [1.807, 2.05) is 0 Å². The van der Waals surface area contributed by atoms with Gasteiger partial charge in [0.2, 0.25) is 0 Å². The van der Waals surface area contributed by atoms with E-state index in [0.717, 1.165) is 50.1 Å². The van der Waals surface area contributed by atoms with Crippen molar-refractivity contribution in [1.29, 1.82) is 0 Å². The number of hydrogen-bond acceptors (Lipinski definition) is 3. The topological polar surface area (TPSA) is 32.7 Å². The van der Waals surface area contributed by atoms with E-state index in [-0.39, 0.29) is 17.1 Å². The van der Waals surface area contributed by atoms with Crippen molar-refractivity contribution < 1.29 is 9.84 Å². The van der Waals surface area contributed by atoms with Crippen LogP contribution >= 0.6 is 0 Å². The highest BCUT2D eigenvalue weighted by molar-refractivity contribution is 5.38. The lowest BCUT2D eigenvalue weighted by molar-refractivity contribution is -0.0637. The monoisotopic (exact) mass is 449 g/mol. The smallest absolute Gasteiger partial charge is 0.0937 e. The molecule has 1 spiro atoms. The predicted octanol–water partition coefficient (Wildman–Crippen LogP) is 5.35. The van der Waals surface area contributed by atoms with Crippen molar-refractivity contribution in [3.63, 3.8) is 0 Å². The number of allylic oxidation sites excluding steroid dienone is 2. The van der Waals surface area contributed by atoms with Gasteiger partial charge in [0.05, 0.1) is 24.4 Å². The molecule has 180 valence electrons. The molecule has 2 aliphatic heterocycles. The molecule has 10 unspecified atom stereocenters. The van der Waals surface area contributed by atoms with Crippen molar-refractivity contribution in [2.24, 2.45) is 35.0 Å². The maximum atomic E-state index is 10.3. The Labute approximate surface area is 201 Å². The lowest BCUT2D eigenvalue weighted by Crippen LogP contribution is -2.52. The molecule has 4 aliphatic carbocycles. The molecular formula is C30H43NO2. The first-order chi connectivity index (χ1) is 15.8. The van der Waals surface area contributed by atoms with Gasteiger partial charge < -0.3 is 9.84 Å². The Kier molecular flexibility index (Phi) is 5.23. The first-order valence-corrected chi connectivity index (χ1v) is 13.7. The zero-order valence-corrected chi connectivity index (χ0v) is 21.1. The van der Waals surface area contributed by atoms with Gasteiger partial charge in [0.15, 0.2) is 0 Å². The molecule has 3 nitrogen and oxygen atoms in total. The van der Waals surface area contributed by atoms with E-state index in [2.05, 4.69) is 44.6 Å². The Balaban J connectivity index is 1.33. The van der Waals surface area contributed by atoms with Gasteiger partial charge >= 0.3 is 0 Å². The molecule has 3 heteroatoms. The van der Waals surface area contributed by atoms with Crippen LogP contribution in [0.4, 0.5) is 0 Å². The summed E-state index contributed by atoms with van der Waals surface area (Å²) in [5.74, 6) is 6.34. The summed E-state index contributed by atoms with van der Waals surface area (Å²) in [5, 5.41) is 10.3. The number of aliphatic hydroxyl groups is 1. The van der Waals surface area contributed by atoms with Crippen molar-refractivity contribution in [3.05, 3.63) is 22.8 Å². The fraction of sp³-hybridized carbons (Fsp3) is 0.800. The van der Waals surface area contributed by atoms with E-state index in [9.17, 15) is 5.11 Å². The third-order valence-electron chi connectivity index (χ3n) is 11.4. The van der Waals surface area contributed by atoms with E-state index in [0.29, 0.717) is 24.0 Å². The standard InChI is InChI=1S/C30H43NO2/c1-6-13-31-17-18(2)14-27-28(31)20(4)30(33-27)12-10-23-24-8-7-21-15-22(32)9-11-29(21,5)26(24)16-25(23)19(30)3/h1,7,18,20,22-24,26-28,32H,8-17H2,2-5H3. The number of ether oxygens (including phenoxy) is 1. The number of likely N-dealkylation sites (tertiary alicyclic amines) is 1. The molecule has 33 heavy (non-hydrogen) atoms. The number of nitrogens with zero attached hydrogens (tertiary/aromatic N) is 1. The molecule has 0 aromatic heterocycles. The van der Waals surface area contributed by atoms with Gasteiger partial charge in [-0.15, -0.1) is 6.42 Å². The number of rotatable bonds is 1. The molecule has 2 saturated carbocycles. The van der Waals surface area contributed by atoms with E-state index in [1.54, 1.807) is 16.7 Å². The van der Waals surface area contributed by atoms with Crippen LogP contribution in [0.3, 0.4) is 0 Å². The van der Waals surface area contributed by atoms with Crippen molar-refractivity contribution in [2.45, 2.75) is 103 Å². The summed E-state index contributed by atoms with van der Waals surface area (Å²) in [6.07, 6.45) is 17.6. The molecule has 2 heterocycles. The van der Waals surface area contributed by atoms with Crippen molar-refractivity contribution in [1.82, 2.24) is 4.90 Å². The molecule has 0 aromatic rings. The molecule has 4 fully saturated rings. The number of hydrogen-bond donors (Lipinski definition) is 1. The molecule has 0 aromatic carbocycles. The molecular weight excluding hydrogens is 406 g/mol. The molecule has 2 saturated heterocycles. The van der Waals surface area contributed by atoms with Crippen LogP contribution in [0, 0.1) is 47.3 Å². The Morgan fingerprint density at radius 3 is 2.85 bits per heavy atom. The highest BCUT2D eigenvalue weighted by Crippen LogP contribution is 2.65. The van der Waals surface area contributed by atoms with Crippen LogP contribution in [-0.4, -0.2) is 46.9 Å². The molecule has 0 bridgehead atoms. The minimum atomic E-state index is -0.127. The second-order valence-corrected chi connectivity index (χ2v) is 12.8. The van der Waals surface area contributed by atoms with E-state index >= 15 is 0 Å².